The van der Waals surface area contributed by atoms with Crippen molar-refractivity contribution < 1.29 is 5.11 Å². The van der Waals surface area contributed by atoms with Crippen LogP contribution in [0.5, 0.6) is 0 Å². The van der Waals surface area contributed by atoms with Gasteiger partial charge in [-0.15, -0.1) is 0 Å². The number of fused-ring (bicyclic) bond motifs is 3. The standard InChI is InChI=1S/C22H23ClN4O/c1-12-8-17(28)20(13(12)2)27-11-24-19-18-16(21(23)26-22(19)27)10-15(25-18)9-14-6-4-3-5-7-14/h3-7,10-13,17,20,25,28H,8-9H2,1-2H3/t12?,13-,17+,20?/m0/s1. The highest BCUT2D eigenvalue weighted by Gasteiger charge is 2.39. The molecular formula is C22H23ClN4O. The average molecular weight is 395 g/mol. The van der Waals surface area contributed by atoms with Crippen molar-refractivity contribution in [2.75, 3.05) is 0 Å². The lowest BCUT2D eigenvalue weighted by Gasteiger charge is -2.22. The second-order valence-electron chi connectivity index (χ2n) is 8.10. The summed E-state index contributed by atoms with van der Waals surface area (Å²) in [5.74, 6) is 0.806. The van der Waals surface area contributed by atoms with Gasteiger partial charge in [-0.1, -0.05) is 55.8 Å². The van der Waals surface area contributed by atoms with Crippen molar-refractivity contribution in [1.82, 2.24) is 19.5 Å². The molecule has 0 spiro atoms. The number of hydrogen-bond acceptors (Lipinski definition) is 3. The van der Waals surface area contributed by atoms with Crippen LogP contribution >= 0.6 is 11.6 Å². The SMILES string of the molecule is CC1C[C@@H](O)C(n2cnc3c4[nH]c(Cc5ccccc5)cc4c(Cl)nc32)[C@H]1C. The Kier molecular flexibility index (Phi) is 4.18. The maximum absolute atomic E-state index is 10.6. The van der Waals surface area contributed by atoms with E-state index in [9.17, 15) is 5.11 Å². The first-order chi connectivity index (χ1) is 13.5. The third kappa shape index (κ3) is 2.73. The lowest BCUT2D eigenvalue weighted by molar-refractivity contribution is 0.126. The van der Waals surface area contributed by atoms with Crippen LogP contribution in [-0.2, 0) is 6.42 Å². The van der Waals surface area contributed by atoms with Crippen molar-refractivity contribution >= 4 is 33.7 Å². The zero-order valence-corrected chi connectivity index (χ0v) is 16.7. The number of hydrogen-bond donors (Lipinski definition) is 2. The molecule has 6 heteroatoms. The summed E-state index contributed by atoms with van der Waals surface area (Å²) < 4.78 is 2.01. The van der Waals surface area contributed by atoms with Gasteiger partial charge in [-0.3, -0.25) is 0 Å². The van der Waals surface area contributed by atoms with E-state index < -0.39 is 6.10 Å². The number of imidazole rings is 1. The summed E-state index contributed by atoms with van der Waals surface area (Å²) in [6.07, 6.45) is 3.00. The van der Waals surface area contributed by atoms with E-state index in [1.807, 2.05) is 22.8 Å². The van der Waals surface area contributed by atoms with Crippen LogP contribution in [0.1, 0.15) is 37.6 Å². The molecule has 28 heavy (non-hydrogen) atoms. The number of nitrogens with zero attached hydrogens (tertiary/aromatic N) is 3. The minimum atomic E-state index is -0.393. The van der Waals surface area contributed by atoms with Crippen LogP contribution < -0.4 is 0 Å². The predicted molar refractivity (Wildman–Crippen MR) is 112 cm³/mol. The van der Waals surface area contributed by atoms with Gasteiger partial charge in [0, 0.05) is 17.5 Å². The molecule has 144 valence electrons. The minimum Gasteiger partial charge on any atom is -0.391 e. The van der Waals surface area contributed by atoms with E-state index in [0.29, 0.717) is 17.0 Å². The Labute approximate surface area is 168 Å². The van der Waals surface area contributed by atoms with E-state index in [1.54, 1.807) is 6.33 Å². The fraction of sp³-hybridized carbons (Fsp3) is 0.364. The maximum Gasteiger partial charge on any atom is 0.164 e. The Morgan fingerprint density at radius 2 is 2.04 bits per heavy atom. The van der Waals surface area contributed by atoms with Crippen molar-refractivity contribution in [2.24, 2.45) is 11.8 Å². The molecule has 0 aliphatic heterocycles. The molecule has 5 rings (SSSR count). The molecule has 1 aromatic carbocycles. The summed E-state index contributed by atoms with van der Waals surface area (Å²) >= 11 is 6.55. The summed E-state index contributed by atoms with van der Waals surface area (Å²) in [6, 6.07) is 12.4. The molecular weight excluding hydrogens is 372 g/mol. The third-order valence-corrected chi connectivity index (χ3v) is 6.59. The van der Waals surface area contributed by atoms with Crippen LogP contribution in [0.2, 0.25) is 5.15 Å². The van der Waals surface area contributed by atoms with Crippen LogP contribution in [0, 0.1) is 11.8 Å². The molecule has 4 aromatic rings. The molecule has 0 bridgehead atoms. The Hall–Kier alpha value is -2.37. The monoisotopic (exact) mass is 394 g/mol. The van der Waals surface area contributed by atoms with Gasteiger partial charge in [-0.25, -0.2) is 9.97 Å². The number of H-pyrrole nitrogens is 1. The van der Waals surface area contributed by atoms with Crippen LogP contribution in [-0.4, -0.2) is 30.7 Å². The highest BCUT2D eigenvalue weighted by atomic mass is 35.5. The van der Waals surface area contributed by atoms with Crippen molar-refractivity contribution in [3.8, 4) is 0 Å². The fourth-order valence-electron chi connectivity index (χ4n) is 4.64. The number of benzene rings is 1. The molecule has 0 amide bonds. The summed E-state index contributed by atoms with van der Waals surface area (Å²) in [5.41, 5.74) is 4.76. The van der Waals surface area contributed by atoms with Crippen LogP contribution in [0.4, 0.5) is 0 Å². The molecule has 1 fully saturated rings. The number of pyridine rings is 1. The fourth-order valence-corrected chi connectivity index (χ4v) is 4.87. The Balaban J connectivity index is 1.62. The molecule has 3 heterocycles. The molecule has 1 aliphatic carbocycles. The Bertz CT molecular complexity index is 1150. The Morgan fingerprint density at radius 1 is 1.25 bits per heavy atom. The van der Waals surface area contributed by atoms with Gasteiger partial charge in [-0.2, -0.15) is 0 Å². The highest BCUT2D eigenvalue weighted by molar-refractivity contribution is 6.35. The van der Waals surface area contributed by atoms with Gasteiger partial charge in [-0.05, 0) is 29.9 Å². The predicted octanol–water partition coefficient (Wildman–Crippen LogP) is 4.73. The number of aromatic amines is 1. The molecule has 0 saturated heterocycles. The number of nitrogens with one attached hydrogen (secondary N) is 1. The van der Waals surface area contributed by atoms with Gasteiger partial charge < -0.3 is 14.7 Å². The van der Waals surface area contributed by atoms with Gasteiger partial charge in [0.05, 0.1) is 24.0 Å². The van der Waals surface area contributed by atoms with Gasteiger partial charge in [0.25, 0.3) is 0 Å². The van der Waals surface area contributed by atoms with Crippen molar-refractivity contribution in [3.05, 3.63) is 59.1 Å². The first kappa shape index (κ1) is 17.7. The van der Waals surface area contributed by atoms with E-state index in [-0.39, 0.29) is 6.04 Å². The van der Waals surface area contributed by atoms with E-state index in [0.717, 1.165) is 40.6 Å². The highest BCUT2D eigenvalue weighted by Crippen LogP contribution is 2.42. The molecule has 5 nitrogen and oxygen atoms in total. The molecule has 1 aliphatic rings. The first-order valence-corrected chi connectivity index (χ1v) is 10.2. The van der Waals surface area contributed by atoms with Crippen LogP contribution in [0.25, 0.3) is 22.1 Å². The number of aromatic nitrogens is 4. The molecule has 4 atom stereocenters. The van der Waals surface area contributed by atoms with Crippen molar-refractivity contribution in [2.45, 2.75) is 38.8 Å². The van der Waals surface area contributed by atoms with Crippen molar-refractivity contribution in [1.29, 1.82) is 0 Å². The van der Waals surface area contributed by atoms with Crippen LogP contribution in [0.3, 0.4) is 0 Å². The van der Waals surface area contributed by atoms with E-state index in [1.165, 1.54) is 5.56 Å². The average Bonchev–Trinajstić information content (AvgIpc) is 3.33. The number of halogens is 1. The number of aliphatic hydroxyl groups excluding tert-OH is 1. The summed E-state index contributed by atoms with van der Waals surface area (Å²) in [7, 11) is 0. The minimum absolute atomic E-state index is 0.0280. The zero-order valence-electron chi connectivity index (χ0n) is 15.9. The van der Waals surface area contributed by atoms with Crippen LogP contribution in [0.15, 0.2) is 42.7 Å². The smallest absolute Gasteiger partial charge is 0.164 e. The summed E-state index contributed by atoms with van der Waals surface area (Å²) in [4.78, 5) is 12.8. The van der Waals surface area contributed by atoms with E-state index >= 15 is 0 Å². The largest absolute Gasteiger partial charge is 0.391 e. The van der Waals surface area contributed by atoms with Gasteiger partial charge in [0.15, 0.2) is 5.65 Å². The second-order valence-corrected chi connectivity index (χ2v) is 8.46. The molecule has 3 aromatic heterocycles. The number of rotatable bonds is 3. The normalized spacial score (nSPS) is 25.1. The topological polar surface area (TPSA) is 66.7 Å². The van der Waals surface area contributed by atoms with Gasteiger partial charge >= 0.3 is 0 Å². The van der Waals surface area contributed by atoms with Gasteiger partial charge in [0.2, 0.25) is 0 Å². The van der Waals surface area contributed by atoms with E-state index in [2.05, 4.69) is 47.0 Å². The molecule has 2 N–H and O–H groups in total. The quantitative estimate of drug-likeness (QED) is 0.493. The Morgan fingerprint density at radius 3 is 2.75 bits per heavy atom. The third-order valence-electron chi connectivity index (χ3n) is 6.31. The van der Waals surface area contributed by atoms with Crippen molar-refractivity contribution in [3.63, 3.8) is 0 Å². The lowest BCUT2D eigenvalue weighted by Crippen LogP contribution is -2.22. The molecule has 0 radical (unpaired) electrons. The second kappa shape index (κ2) is 6.61. The van der Waals surface area contributed by atoms with E-state index in [4.69, 9.17) is 11.6 Å². The number of aliphatic hydroxyl groups is 1. The lowest BCUT2D eigenvalue weighted by atomic mass is 9.97. The molecule has 1 saturated carbocycles. The summed E-state index contributed by atoms with van der Waals surface area (Å²) in [6.45, 7) is 4.37. The first-order valence-electron chi connectivity index (χ1n) is 9.78. The van der Waals surface area contributed by atoms with Gasteiger partial charge in [0.1, 0.15) is 10.7 Å². The maximum atomic E-state index is 10.6. The zero-order chi connectivity index (χ0) is 19.4. The molecule has 2 unspecified atom stereocenters. The summed E-state index contributed by atoms with van der Waals surface area (Å²) in [5, 5.41) is 11.9.